The molecule has 0 bridgehead atoms. The molecule has 0 amide bonds. The van der Waals surface area contributed by atoms with Crippen LogP contribution in [0.3, 0.4) is 0 Å². The first-order valence-corrected chi connectivity index (χ1v) is 9.84. The molecule has 1 saturated heterocycles. The van der Waals surface area contributed by atoms with Crippen molar-refractivity contribution in [2.24, 2.45) is 5.92 Å². The van der Waals surface area contributed by atoms with E-state index in [9.17, 15) is 0 Å². The zero-order chi connectivity index (χ0) is 17.8. The second-order valence-electron chi connectivity index (χ2n) is 7.71. The lowest BCUT2D eigenvalue weighted by atomic mass is 9.97. The van der Waals surface area contributed by atoms with E-state index < -0.39 is 0 Å². The lowest BCUT2D eigenvalue weighted by Crippen LogP contribution is -2.33. The highest BCUT2D eigenvalue weighted by molar-refractivity contribution is 5.53. The van der Waals surface area contributed by atoms with E-state index in [1.807, 2.05) is 6.07 Å². The number of aromatic amines is 1. The molecule has 7 nitrogen and oxygen atoms in total. The van der Waals surface area contributed by atoms with E-state index in [4.69, 9.17) is 0 Å². The van der Waals surface area contributed by atoms with Gasteiger partial charge in [0.15, 0.2) is 5.82 Å². The number of likely N-dealkylation sites (tertiary alicyclic amines) is 1. The molecule has 1 aliphatic carbocycles. The number of anilines is 3. The van der Waals surface area contributed by atoms with E-state index in [-0.39, 0.29) is 0 Å². The molecule has 2 aromatic heterocycles. The van der Waals surface area contributed by atoms with Gasteiger partial charge in [-0.1, -0.05) is 12.8 Å². The lowest BCUT2D eigenvalue weighted by Gasteiger charge is -2.28. The Morgan fingerprint density at radius 2 is 1.96 bits per heavy atom. The first-order chi connectivity index (χ1) is 12.8. The van der Waals surface area contributed by atoms with Crippen LogP contribution in [-0.4, -0.2) is 51.7 Å². The van der Waals surface area contributed by atoms with Gasteiger partial charge in [-0.3, -0.25) is 5.10 Å². The van der Waals surface area contributed by atoms with E-state index >= 15 is 0 Å². The Morgan fingerprint density at radius 1 is 1.15 bits per heavy atom. The number of hydrogen-bond acceptors (Lipinski definition) is 6. The third kappa shape index (κ3) is 4.33. The number of aromatic nitrogens is 4. The smallest absolute Gasteiger partial charge is 0.224 e. The van der Waals surface area contributed by atoms with Crippen molar-refractivity contribution in [1.29, 1.82) is 0 Å². The van der Waals surface area contributed by atoms with Gasteiger partial charge < -0.3 is 15.5 Å². The summed E-state index contributed by atoms with van der Waals surface area (Å²) in [6, 6.07) is 3.99. The van der Waals surface area contributed by atoms with Crippen LogP contribution in [0.1, 0.15) is 50.1 Å². The van der Waals surface area contributed by atoms with E-state index in [1.165, 1.54) is 57.3 Å². The summed E-state index contributed by atoms with van der Waals surface area (Å²) in [6.45, 7) is 3.29. The minimum atomic E-state index is 0.634. The predicted molar refractivity (Wildman–Crippen MR) is 104 cm³/mol. The summed E-state index contributed by atoms with van der Waals surface area (Å²) in [6.07, 6.45) is 9.43. The Kier molecular flexibility index (Phi) is 5.34. The lowest BCUT2D eigenvalue weighted by molar-refractivity contribution is 0.226. The molecular weight excluding hydrogens is 326 g/mol. The number of hydrogen-bond donors (Lipinski definition) is 3. The van der Waals surface area contributed by atoms with Crippen LogP contribution in [-0.2, 0) is 0 Å². The number of nitrogens with zero attached hydrogens (tertiary/aromatic N) is 4. The van der Waals surface area contributed by atoms with Crippen molar-refractivity contribution < 1.29 is 0 Å². The predicted octanol–water partition coefficient (Wildman–Crippen LogP) is 3.35. The first kappa shape index (κ1) is 17.3. The molecule has 26 heavy (non-hydrogen) atoms. The second-order valence-corrected chi connectivity index (χ2v) is 7.71. The van der Waals surface area contributed by atoms with Gasteiger partial charge in [-0.25, -0.2) is 4.98 Å². The maximum atomic E-state index is 4.58. The van der Waals surface area contributed by atoms with Gasteiger partial charge in [0.25, 0.3) is 0 Å². The molecule has 0 unspecified atom stereocenters. The summed E-state index contributed by atoms with van der Waals surface area (Å²) in [7, 11) is 2.19. The van der Waals surface area contributed by atoms with E-state index in [0.29, 0.717) is 17.8 Å². The molecule has 140 valence electrons. The molecule has 0 radical (unpaired) electrons. The van der Waals surface area contributed by atoms with Gasteiger partial charge in [0.2, 0.25) is 5.95 Å². The molecule has 0 aromatic carbocycles. The summed E-state index contributed by atoms with van der Waals surface area (Å²) >= 11 is 0. The fourth-order valence-electron chi connectivity index (χ4n) is 3.99. The average molecular weight is 355 g/mol. The van der Waals surface area contributed by atoms with Gasteiger partial charge in [-0.15, -0.1) is 0 Å². The number of piperidine rings is 1. The van der Waals surface area contributed by atoms with Gasteiger partial charge in [0.05, 0.1) is 0 Å². The monoisotopic (exact) mass is 355 g/mol. The van der Waals surface area contributed by atoms with Crippen LogP contribution in [0.25, 0.3) is 0 Å². The Hall–Kier alpha value is -2.15. The molecule has 4 rings (SSSR count). The minimum absolute atomic E-state index is 0.634. The highest BCUT2D eigenvalue weighted by Crippen LogP contribution is 2.33. The van der Waals surface area contributed by atoms with Crippen LogP contribution in [0.2, 0.25) is 0 Å². The molecule has 2 aliphatic rings. The maximum Gasteiger partial charge on any atom is 0.224 e. The third-order valence-corrected chi connectivity index (χ3v) is 5.69. The second kappa shape index (κ2) is 8.03. The standard InChI is InChI=1S/C19H29N7/c1-26-10-7-14(8-11-26)13-21-19-20-9-6-17(23-19)22-18-12-16(24-25-18)15-4-2-3-5-15/h6,9,12,14-15H,2-5,7-8,10-11,13H2,1H3,(H3,20,21,22,23,24,25). The van der Waals surface area contributed by atoms with Gasteiger partial charge in [-0.05, 0) is 57.8 Å². The van der Waals surface area contributed by atoms with Crippen molar-refractivity contribution in [1.82, 2.24) is 25.1 Å². The number of rotatable bonds is 6. The summed E-state index contributed by atoms with van der Waals surface area (Å²) < 4.78 is 0. The molecule has 0 spiro atoms. The van der Waals surface area contributed by atoms with E-state index in [2.05, 4.69) is 48.8 Å². The first-order valence-electron chi connectivity index (χ1n) is 9.84. The van der Waals surface area contributed by atoms with Crippen LogP contribution in [0.4, 0.5) is 17.6 Å². The maximum absolute atomic E-state index is 4.58. The molecule has 2 aromatic rings. The van der Waals surface area contributed by atoms with Crippen LogP contribution in [0.5, 0.6) is 0 Å². The topological polar surface area (TPSA) is 81.8 Å². The SMILES string of the molecule is CN1CCC(CNc2nccc(Nc3cc(C4CCCC4)[nH]n3)n2)CC1. The Morgan fingerprint density at radius 3 is 2.77 bits per heavy atom. The van der Waals surface area contributed by atoms with Gasteiger partial charge in [0.1, 0.15) is 5.82 Å². The normalized spacial score (nSPS) is 19.7. The number of H-pyrrole nitrogens is 1. The van der Waals surface area contributed by atoms with Gasteiger partial charge in [-0.2, -0.15) is 10.1 Å². The van der Waals surface area contributed by atoms with Gasteiger partial charge >= 0.3 is 0 Å². The molecule has 3 N–H and O–H groups in total. The highest BCUT2D eigenvalue weighted by atomic mass is 15.2. The minimum Gasteiger partial charge on any atom is -0.354 e. The largest absolute Gasteiger partial charge is 0.354 e. The Bertz CT molecular complexity index is 699. The summed E-state index contributed by atoms with van der Waals surface area (Å²) in [5.74, 6) is 3.62. The van der Waals surface area contributed by atoms with Crippen LogP contribution < -0.4 is 10.6 Å². The average Bonchev–Trinajstić information content (AvgIpc) is 3.33. The molecule has 7 heteroatoms. The zero-order valence-corrected chi connectivity index (χ0v) is 15.5. The fraction of sp³-hybridized carbons (Fsp3) is 0.632. The van der Waals surface area contributed by atoms with Crippen molar-refractivity contribution in [3.8, 4) is 0 Å². The molecule has 1 saturated carbocycles. The van der Waals surface area contributed by atoms with Gasteiger partial charge in [0, 0.05) is 30.4 Å². The quantitative estimate of drug-likeness (QED) is 0.737. The van der Waals surface area contributed by atoms with E-state index in [1.54, 1.807) is 6.20 Å². The van der Waals surface area contributed by atoms with E-state index in [0.717, 1.165) is 18.2 Å². The zero-order valence-electron chi connectivity index (χ0n) is 15.5. The van der Waals surface area contributed by atoms with Crippen molar-refractivity contribution in [3.63, 3.8) is 0 Å². The summed E-state index contributed by atoms with van der Waals surface area (Å²) in [4.78, 5) is 11.3. The Balaban J connectivity index is 1.32. The molecule has 2 fully saturated rings. The molecule has 0 atom stereocenters. The molecular formula is C19H29N7. The van der Waals surface area contributed by atoms with Crippen molar-refractivity contribution in [2.45, 2.75) is 44.4 Å². The van der Waals surface area contributed by atoms with Crippen LogP contribution >= 0.6 is 0 Å². The highest BCUT2D eigenvalue weighted by Gasteiger charge is 2.19. The number of nitrogens with one attached hydrogen (secondary N) is 3. The molecule has 3 heterocycles. The van der Waals surface area contributed by atoms with Crippen LogP contribution in [0.15, 0.2) is 18.3 Å². The fourth-order valence-corrected chi connectivity index (χ4v) is 3.99. The van der Waals surface area contributed by atoms with Crippen molar-refractivity contribution in [2.75, 3.05) is 37.3 Å². The van der Waals surface area contributed by atoms with Crippen molar-refractivity contribution in [3.05, 3.63) is 24.0 Å². The summed E-state index contributed by atoms with van der Waals surface area (Å²) in [5.41, 5.74) is 1.24. The van der Waals surface area contributed by atoms with Crippen LogP contribution in [0, 0.1) is 5.92 Å². The third-order valence-electron chi connectivity index (χ3n) is 5.69. The summed E-state index contributed by atoms with van der Waals surface area (Å²) in [5, 5.41) is 14.3. The van der Waals surface area contributed by atoms with Crippen molar-refractivity contribution >= 4 is 17.6 Å². The Labute approximate surface area is 155 Å². The molecule has 1 aliphatic heterocycles.